The van der Waals surface area contributed by atoms with E-state index >= 15 is 0 Å². The van der Waals surface area contributed by atoms with Crippen LogP contribution in [0.1, 0.15) is 161 Å². The van der Waals surface area contributed by atoms with Crippen molar-refractivity contribution in [2.75, 3.05) is 71.8 Å². The average molecular weight is 997 g/mol. The number of amides is 3. The molecule has 0 saturated heterocycles. The minimum absolute atomic E-state index is 0.000287. The third-order valence-electron chi connectivity index (χ3n) is 10.1. The highest BCUT2D eigenvalue weighted by molar-refractivity contribution is 9.09. The number of alkyl halides is 1. The molecule has 0 heterocycles. The molecule has 3 amide bonds. The summed E-state index contributed by atoms with van der Waals surface area (Å²) >= 11 is 3.04. The molecule has 0 aromatic carbocycles. The minimum atomic E-state index is -1.12. The monoisotopic (exact) mass is 995 g/mol. The van der Waals surface area contributed by atoms with Crippen LogP contribution in [0.5, 0.6) is 0 Å². The molecule has 0 aromatic heterocycles. The molecule has 0 radical (unpaired) electrons. The first-order valence-electron chi connectivity index (χ1n) is 23.6. The Morgan fingerprint density at radius 3 is 1.55 bits per heavy atom. The lowest BCUT2D eigenvalue weighted by Gasteiger charge is -2.14. The van der Waals surface area contributed by atoms with Crippen LogP contribution in [-0.4, -0.2) is 140 Å². The second-order valence-electron chi connectivity index (χ2n) is 15.8. The van der Waals surface area contributed by atoms with Gasteiger partial charge in [-0.2, -0.15) is 0 Å². The number of rotatable bonds is 46. The molecule has 0 fully saturated rings. The van der Waals surface area contributed by atoms with E-state index in [1.165, 1.54) is 58.4 Å². The van der Waals surface area contributed by atoms with Crippen LogP contribution in [-0.2, 0) is 57.3 Å². The van der Waals surface area contributed by atoms with Crippen LogP contribution in [0.3, 0.4) is 0 Å². The minimum Gasteiger partial charge on any atom is -0.481 e. The number of hydrogen-bond donors (Lipinski definition) is 6. The van der Waals surface area contributed by atoms with Gasteiger partial charge in [0.1, 0.15) is 25.0 Å². The number of unbranched alkanes of at least 4 members (excludes halogenated alkanes) is 14. The topological polar surface area (TPSA) is 270 Å². The summed E-state index contributed by atoms with van der Waals surface area (Å²) in [6.45, 7) is 4.44. The van der Waals surface area contributed by atoms with Crippen molar-refractivity contribution in [2.24, 2.45) is 5.92 Å². The van der Waals surface area contributed by atoms with Crippen LogP contribution in [0.15, 0.2) is 0 Å². The summed E-state index contributed by atoms with van der Waals surface area (Å²) in [5, 5.41) is 34.8. The van der Waals surface area contributed by atoms with E-state index in [0.717, 1.165) is 38.5 Å². The van der Waals surface area contributed by atoms with E-state index in [4.69, 9.17) is 24.1 Å². The lowest BCUT2D eigenvalue weighted by molar-refractivity contribution is -0.144. The van der Waals surface area contributed by atoms with Gasteiger partial charge < -0.3 is 50.2 Å². The van der Waals surface area contributed by atoms with Crippen LogP contribution in [0.4, 0.5) is 0 Å². The van der Waals surface area contributed by atoms with Crippen molar-refractivity contribution in [2.45, 2.75) is 167 Å². The van der Waals surface area contributed by atoms with Crippen molar-refractivity contribution in [3.8, 4) is 0 Å². The SMILES string of the molecule is CCOCCOCC(=O)CCCOCCOCC(=O)N[C@@H](CCCCNC(=O)CBr)C(=O)O.CNC(=O)CCC(CC(=O)CCCCCCCCCCCCCCCCC(=O)O)C(=O)O. The largest absolute Gasteiger partial charge is 0.481 e. The van der Waals surface area contributed by atoms with Crippen molar-refractivity contribution in [3.05, 3.63) is 0 Å². The molecule has 0 spiro atoms. The molecule has 0 saturated carbocycles. The van der Waals surface area contributed by atoms with Crippen LogP contribution in [0.25, 0.3) is 0 Å². The maximum atomic E-state index is 12.0. The Bertz CT molecular complexity index is 1290. The Kier molecular flexibility index (Phi) is 46.0. The fourth-order valence-corrected chi connectivity index (χ4v) is 6.56. The molecule has 19 heteroatoms. The Hall–Kier alpha value is -3.52. The van der Waals surface area contributed by atoms with Crippen LogP contribution >= 0.6 is 15.9 Å². The van der Waals surface area contributed by atoms with Gasteiger partial charge in [-0.1, -0.05) is 93.0 Å². The number of carbonyl (C=O) groups excluding carboxylic acids is 5. The highest BCUT2D eigenvalue weighted by atomic mass is 79.9. The van der Waals surface area contributed by atoms with Gasteiger partial charge >= 0.3 is 17.9 Å². The summed E-state index contributed by atoms with van der Waals surface area (Å²) in [6.07, 6.45) is 19.2. The van der Waals surface area contributed by atoms with Gasteiger partial charge in [0, 0.05) is 58.9 Å². The van der Waals surface area contributed by atoms with E-state index in [1.54, 1.807) is 0 Å². The fourth-order valence-electron chi connectivity index (χ4n) is 6.36. The van der Waals surface area contributed by atoms with Crippen molar-refractivity contribution < 1.29 is 72.6 Å². The standard InChI is InChI=1S/C25H45NO6.C21H37BrN2O9/c1-26-23(28)19-18-21(25(31)32)20-22(27)16-14-12-10-8-6-4-2-3-5-7-9-11-13-15-17-24(29)30;1-2-30-10-12-32-15-17(25)6-5-9-31-11-13-33-16-20(27)24-18(21(28)29)7-3-4-8-23-19(26)14-22/h21H,2-20H2,1H3,(H,26,28)(H,29,30)(H,31,32);18H,2-16H2,1H3,(H,23,26)(H,24,27)(H,28,29)/t;18-/m.0/s1. The Labute approximate surface area is 395 Å². The van der Waals surface area contributed by atoms with Crippen molar-refractivity contribution in [3.63, 3.8) is 0 Å². The van der Waals surface area contributed by atoms with Crippen LogP contribution < -0.4 is 16.0 Å². The van der Waals surface area contributed by atoms with Gasteiger partial charge in [-0.25, -0.2) is 4.79 Å². The molecule has 0 bridgehead atoms. The Balaban J connectivity index is 0. The molecule has 0 aliphatic heterocycles. The van der Waals surface area contributed by atoms with Gasteiger partial charge in [-0.15, -0.1) is 0 Å². The third-order valence-corrected chi connectivity index (χ3v) is 10.6. The number of aliphatic carboxylic acids is 3. The summed E-state index contributed by atoms with van der Waals surface area (Å²) in [7, 11) is 1.51. The molecule has 65 heavy (non-hydrogen) atoms. The highest BCUT2D eigenvalue weighted by Crippen LogP contribution is 2.17. The zero-order valence-corrected chi connectivity index (χ0v) is 40.9. The summed E-state index contributed by atoms with van der Waals surface area (Å²) in [4.78, 5) is 90.9. The van der Waals surface area contributed by atoms with Crippen molar-refractivity contribution in [1.82, 2.24) is 16.0 Å². The van der Waals surface area contributed by atoms with E-state index in [-0.39, 0.29) is 80.8 Å². The molecule has 0 rings (SSSR count). The molecule has 0 aromatic rings. The van der Waals surface area contributed by atoms with Gasteiger partial charge in [-0.3, -0.25) is 33.6 Å². The number of carbonyl (C=O) groups is 8. The maximum Gasteiger partial charge on any atom is 0.326 e. The van der Waals surface area contributed by atoms with Gasteiger partial charge in [0.05, 0.1) is 37.7 Å². The Morgan fingerprint density at radius 2 is 1.03 bits per heavy atom. The first-order chi connectivity index (χ1) is 31.3. The average Bonchev–Trinajstić information content (AvgIpc) is 3.27. The molecular formula is C46H82BrN3O15. The normalized spacial score (nSPS) is 11.7. The zero-order valence-electron chi connectivity index (χ0n) is 39.3. The molecule has 378 valence electrons. The van der Waals surface area contributed by atoms with E-state index < -0.39 is 35.8 Å². The third kappa shape index (κ3) is 46.8. The van der Waals surface area contributed by atoms with E-state index in [1.807, 2.05) is 6.92 Å². The molecule has 2 atom stereocenters. The highest BCUT2D eigenvalue weighted by Gasteiger charge is 2.22. The van der Waals surface area contributed by atoms with Crippen LogP contribution in [0, 0.1) is 5.92 Å². The number of carboxylic acids is 3. The van der Waals surface area contributed by atoms with E-state index in [0.29, 0.717) is 71.5 Å². The Morgan fingerprint density at radius 1 is 0.508 bits per heavy atom. The first-order valence-corrected chi connectivity index (χ1v) is 24.7. The quantitative estimate of drug-likeness (QED) is 0.0294. The lowest BCUT2D eigenvalue weighted by Crippen LogP contribution is -2.42. The first kappa shape index (κ1) is 63.6. The van der Waals surface area contributed by atoms with Gasteiger partial charge in [0.2, 0.25) is 17.7 Å². The number of hydrogen-bond acceptors (Lipinski definition) is 12. The van der Waals surface area contributed by atoms with Gasteiger partial charge in [0.15, 0.2) is 5.78 Å². The maximum absolute atomic E-state index is 12.0. The van der Waals surface area contributed by atoms with E-state index in [9.17, 15) is 48.6 Å². The van der Waals surface area contributed by atoms with Crippen molar-refractivity contribution in [1.29, 1.82) is 0 Å². The molecule has 18 nitrogen and oxygen atoms in total. The zero-order chi connectivity index (χ0) is 48.8. The lowest BCUT2D eigenvalue weighted by atomic mass is 9.94. The molecule has 1 unspecified atom stereocenters. The predicted molar refractivity (Wildman–Crippen MR) is 249 cm³/mol. The second kappa shape index (κ2) is 47.0. The summed E-state index contributed by atoms with van der Waals surface area (Å²) in [5.41, 5.74) is 0. The molecular weight excluding hydrogens is 914 g/mol. The number of carboxylic acid groups (broad SMARTS) is 3. The molecule has 6 N–H and O–H groups in total. The smallest absolute Gasteiger partial charge is 0.326 e. The summed E-state index contributed by atoms with van der Waals surface area (Å²) in [6, 6.07) is -1.01. The number of halogens is 1. The van der Waals surface area contributed by atoms with Crippen LogP contribution in [0.2, 0.25) is 0 Å². The van der Waals surface area contributed by atoms with Gasteiger partial charge in [-0.05, 0) is 51.9 Å². The number of Topliss-reactive ketones (excluding diaryl/α,β-unsaturated/α-hetero) is 2. The predicted octanol–water partition coefficient (Wildman–Crippen LogP) is 6.17. The van der Waals surface area contributed by atoms with E-state index in [2.05, 4.69) is 31.9 Å². The molecule has 0 aliphatic carbocycles. The second-order valence-corrected chi connectivity index (χ2v) is 16.4. The fraction of sp³-hybridized carbons (Fsp3) is 0.826. The summed E-state index contributed by atoms with van der Waals surface area (Å²) in [5.74, 6) is -4.46. The molecule has 0 aliphatic rings. The van der Waals surface area contributed by atoms with Crippen molar-refractivity contribution >= 4 is 63.1 Å². The summed E-state index contributed by atoms with van der Waals surface area (Å²) < 4.78 is 20.8. The van der Waals surface area contributed by atoms with Gasteiger partial charge in [0.25, 0.3) is 0 Å². The number of ether oxygens (including phenoxy) is 4. The number of ketones is 2. The number of nitrogens with one attached hydrogen (secondary N) is 3.